The lowest BCUT2D eigenvalue weighted by atomic mass is 10.1. The summed E-state index contributed by atoms with van der Waals surface area (Å²) in [4.78, 5) is 11.9. The summed E-state index contributed by atoms with van der Waals surface area (Å²) in [5.74, 6) is 1.21. The van der Waals surface area contributed by atoms with Crippen molar-refractivity contribution in [1.82, 2.24) is 5.32 Å². The lowest BCUT2D eigenvalue weighted by Crippen LogP contribution is -2.32. The van der Waals surface area contributed by atoms with E-state index in [1.165, 1.54) is 18.4 Å². The fourth-order valence-electron chi connectivity index (χ4n) is 2.23. The van der Waals surface area contributed by atoms with Crippen LogP contribution in [0.4, 0.5) is 10.5 Å². The Balaban J connectivity index is 1.77. The predicted octanol–water partition coefficient (Wildman–Crippen LogP) is 4.20. The minimum absolute atomic E-state index is 0.0563. The fraction of sp³-hybridized carbons (Fsp3) is 0.316. The number of ether oxygens (including phenoxy) is 2. The number of urea groups is 1. The highest BCUT2D eigenvalue weighted by molar-refractivity contribution is 5.89. The summed E-state index contributed by atoms with van der Waals surface area (Å²) in [6.45, 7) is 2.23. The van der Waals surface area contributed by atoms with Crippen molar-refractivity contribution in [3.63, 3.8) is 0 Å². The molecule has 5 heteroatoms. The van der Waals surface area contributed by atoms with E-state index in [-0.39, 0.29) is 12.8 Å². The van der Waals surface area contributed by atoms with Crippen LogP contribution < -0.4 is 20.1 Å². The van der Waals surface area contributed by atoms with E-state index in [1.807, 2.05) is 36.4 Å². The number of aryl methyl sites for hydroxylation is 1. The van der Waals surface area contributed by atoms with Gasteiger partial charge in [0.2, 0.25) is 0 Å². The molecule has 0 aromatic heterocycles. The van der Waals surface area contributed by atoms with E-state index in [2.05, 4.69) is 17.6 Å². The van der Waals surface area contributed by atoms with Crippen molar-refractivity contribution < 1.29 is 14.3 Å². The molecule has 0 saturated heterocycles. The van der Waals surface area contributed by atoms with Gasteiger partial charge in [0.1, 0.15) is 0 Å². The zero-order chi connectivity index (χ0) is 17.2. The third-order valence-corrected chi connectivity index (χ3v) is 3.56. The van der Waals surface area contributed by atoms with Gasteiger partial charge in [0.15, 0.2) is 18.2 Å². The molecule has 0 aliphatic carbocycles. The second-order valence-electron chi connectivity index (χ2n) is 5.37. The second-order valence-corrected chi connectivity index (χ2v) is 5.37. The first-order valence-electron chi connectivity index (χ1n) is 8.12. The van der Waals surface area contributed by atoms with Crippen molar-refractivity contribution in [3.8, 4) is 11.5 Å². The smallest absolute Gasteiger partial charge is 0.321 e. The molecule has 2 aromatic carbocycles. The zero-order valence-corrected chi connectivity index (χ0v) is 14.2. The molecule has 5 nitrogen and oxygen atoms in total. The van der Waals surface area contributed by atoms with E-state index < -0.39 is 0 Å². The van der Waals surface area contributed by atoms with Crippen LogP contribution in [0.25, 0.3) is 0 Å². The lowest BCUT2D eigenvalue weighted by molar-refractivity contribution is 0.231. The first-order valence-corrected chi connectivity index (χ1v) is 8.12. The Bertz CT molecular complexity index is 641. The summed E-state index contributed by atoms with van der Waals surface area (Å²) < 4.78 is 10.7. The van der Waals surface area contributed by atoms with Crippen LogP contribution in [-0.2, 0) is 6.42 Å². The Morgan fingerprint density at radius 1 is 1.04 bits per heavy atom. The van der Waals surface area contributed by atoms with Crippen molar-refractivity contribution in [2.24, 2.45) is 0 Å². The maximum absolute atomic E-state index is 11.9. The molecular formula is C19H24N2O3. The number of rotatable bonds is 8. The van der Waals surface area contributed by atoms with Crippen molar-refractivity contribution >= 4 is 11.7 Å². The molecule has 2 amide bonds. The average molecular weight is 328 g/mol. The Hall–Kier alpha value is -2.69. The molecule has 0 bridgehead atoms. The average Bonchev–Trinajstić information content (AvgIpc) is 2.61. The monoisotopic (exact) mass is 328 g/mol. The maximum Gasteiger partial charge on any atom is 0.321 e. The summed E-state index contributed by atoms with van der Waals surface area (Å²) >= 11 is 0. The number of hydrogen-bond donors (Lipinski definition) is 2. The lowest BCUT2D eigenvalue weighted by Gasteiger charge is -2.12. The molecule has 0 aliphatic heterocycles. The number of amides is 2. The van der Waals surface area contributed by atoms with Gasteiger partial charge in [-0.25, -0.2) is 4.79 Å². The molecule has 0 radical (unpaired) electrons. The quantitative estimate of drug-likeness (QED) is 0.714. The first kappa shape index (κ1) is 17.7. The molecule has 0 fully saturated rings. The van der Waals surface area contributed by atoms with Crippen molar-refractivity contribution in [3.05, 3.63) is 54.1 Å². The van der Waals surface area contributed by atoms with Crippen molar-refractivity contribution in [2.75, 3.05) is 19.2 Å². The highest BCUT2D eigenvalue weighted by atomic mass is 16.5. The van der Waals surface area contributed by atoms with Gasteiger partial charge < -0.3 is 20.1 Å². The molecule has 24 heavy (non-hydrogen) atoms. The van der Waals surface area contributed by atoms with E-state index in [9.17, 15) is 4.79 Å². The van der Waals surface area contributed by atoms with E-state index in [0.717, 1.165) is 12.1 Å². The van der Waals surface area contributed by atoms with Gasteiger partial charge in [-0.05, 0) is 42.7 Å². The maximum atomic E-state index is 11.9. The third kappa shape index (κ3) is 5.50. The molecule has 2 N–H and O–H groups in total. The van der Waals surface area contributed by atoms with Crippen LogP contribution in [0.15, 0.2) is 48.5 Å². The SMILES string of the molecule is CCCCc1ccc(NC(=O)NCOc2ccccc2OC)cc1. The van der Waals surface area contributed by atoms with E-state index in [0.29, 0.717) is 11.5 Å². The largest absolute Gasteiger partial charge is 0.493 e. The van der Waals surface area contributed by atoms with Gasteiger partial charge in [0.05, 0.1) is 7.11 Å². The zero-order valence-electron chi connectivity index (χ0n) is 14.2. The second kappa shape index (κ2) is 9.45. The summed E-state index contributed by atoms with van der Waals surface area (Å²) in [5, 5.41) is 5.43. The first-order chi connectivity index (χ1) is 11.7. The topological polar surface area (TPSA) is 59.6 Å². The van der Waals surface area contributed by atoms with Crippen LogP contribution in [-0.4, -0.2) is 19.9 Å². The number of benzene rings is 2. The van der Waals surface area contributed by atoms with Gasteiger partial charge in [-0.1, -0.05) is 37.6 Å². The Morgan fingerprint density at radius 2 is 1.75 bits per heavy atom. The summed E-state index contributed by atoms with van der Waals surface area (Å²) in [5.41, 5.74) is 2.03. The highest BCUT2D eigenvalue weighted by Gasteiger charge is 2.04. The van der Waals surface area contributed by atoms with Gasteiger partial charge in [-0.2, -0.15) is 0 Å². The fourth-order valence-corrected chi connectivity index (χ4v) is 2.23. The van der Waals surface area contributed by atoms with E-state index in [4.69, 9.17) is 9.47 Å². The minimum Gasteiger partial charge on any atom is -0.493 e. The normalized spacial score (nSPS) is 10.1. The molecule has 0 saturated carbocycles. The van der Waals surface area contributed by atoms with Gasteiger partial charge in [-0.3, -0.25) is 0 Å². The Kier molecular flexibility index (Phi) is 6.95. The van der Waals surface area contributed by atoms with Crippen LogP contribution in [0, 0.1) is 0 Å². The van der Waals surface area contributed by atoms with E-state index >= 15 is 0 Å². The number of para-hydroxylation sites is 2. The minimum atomic E-state index is -0.314. The van der Waals surface area contributed by atoms with Crippen LogP contribution in [0.1, 0.15) is 25.3 Å². The summed E-state index contributed by atoms with van der Waals surface area (Å²) in [7, 11) is 1.58. The molecule has 2 aromatic rings. The third-order valence-electron chi connectivity index (χ3n) is 3.56. The van der Waals surface area contributed by atoms with Gasteiger partial charge in [0.25, 0.3) is 0 Å². The van der Waals surface area contributed by atoms with Gasteiger partial charge >= 0.3 is 6.03 Å². The molecule has 0 spiro atoms. The standard InChI is InChI=1S/C19H24N2O3/c1-3-4-7-15-10-12-16(13-11-15)21-19(22)20-14-24-18-9-6-5-8-17(18)23-2/h5-6,8-13H,3-4,7,14H2,1-2H3,(H2,20,21,22). The molecule has 128 valence electrons. The van der Waals surface area contributed by atoms with Crippen molar-refractivity contribution in [2.45, 2.75) is 26.2 Å². The predicted molar refractivity (Wildman–Crippen MR) is 95.7 cm³/mol. The van der Waals surface area contributed by atoms with Gasteiger partial charge in [-0.15, -0.1) is 0 Å². The van der Waals surface area contributed by atoms with Crippen LogP contribution >= 0.6 is 0 Å². The molecule has 0 heterocycles. The molecular weight excluding hydrogens is 304 g/mol. The molecule has 0 unspecified atom stereocenters. The number of hydrogen-bond acceptors (Lipinski definition) is 3. The van der Waals surface area contributed by atoms with Crippen molar-refractivity contribution in [1.29, 1.82) is 0 Å². The number of carbonyl (C=O) groups excluding carboxylic acids is 1. The number of anilines is 1. The van der Waals surface area contributed by atoms with Gasteiger partial charge in [0, 0.05) is 5.69 Å². The highest BCUT2D eigenvalue weighted by Crippen LogP contribution is 2.25. The number of carbonyl (C=O) groups is 1. The molecule has 0 atom stereocenters. The van der Waals surface area contributed by atoms with E-state index in [1.54, 1.807) is 19.2 Å². The van der Waals surface area contributed by atoms with Crippen LogP contribution in [0.5, 0.6) is 11.5 Å². The van der Waals surface area contributed by atoms with Crippen LogP contribution in [0.3, 0.4) is 0 Å². The Labute approximate surface area is 143 Å². The summed E-state index contributed by atoms with van der Waals surface area (Å²) in [6, 6.07) is 14.9. The van der Waals surface area contributed by atoms with Crippen LogP contribution in [0.2, 0.25) is 0 Å². The summed E-state index contributed by atoms with van der Waals surface area (Å²) in [6.07, 6.45) is 3.41. The number of methoxy groups -OCH3 is 1. The number of unbranched alkanes of at least 4 members (excludes halogenated alkanes) is 1. The number of nitrogens with one attached hydrogen (secondary N) is 2. The Morgan fingerprint density at radius 3 is 2.42 bits per heavy atom. The molecule has 0 aliphatic rings. The molecule has 2 rings (SSSR count).